The minimum atomic E-state index is -3.10. The van der Waals surface area contributed by atoms with Crippen molar-refractivity contribution in [2.45, 2.75) is 44.2 Å². The van der Waals surface area contributed by atoms with Gasteiger partial charge in [0.2, 0.25) is 10.0 Å². The number of nitrogens with one attached hydrogen (secondary N) is 2. The molecule has 0 heterocycles. The first-order chi connectivity index (χ1) is 7.49. The quantitative estimate of drug-likeness (QED) is 0.467. The first-order valence-electron chi connectivity index (χ1n) is 5.85. The zero-order chi connectivity index (χ0) is 12.0. The molecule has 1 aliphatic carbocycles. The summed E-state index contributed by atoms with van der Waals surface area (Å²) < 4.78 is 24.0. The Balaban J connectivity index is 2.20. The summed E-state index contributed by atoms with van der Waals surface area (Å²) in [5.74, 6) is 0. The van der Waals surface area contributed by atoms with Gasteiger partial charge in [0.05, 0.1) is 12.4 Å². The summed E-state index contributed by atoms with van der Waals surface area (Å²) >= 11 is 0. The lowest BCUT2D eigenvalue weighted by Crippen LogP contribution is -2.42. The largest absolute Gasteiger partial charge is 0.392 e. The third kappa shape index (κ3) is 5.79. The van der Waals surface area contributed by atoms with Gasteiger partial charge in [-0.2, -0.15) is 0 Å². The molecule has 0 saturated heterocycles. The van der Waals surface area contributed by atoms with E-state index in [0.29, 0.717) is 13.1 Å². The number of rotatable bonds is 5. The molecular formula is C10H22N2O3S. The molecule has 2 atom stereocenters. The molecule has 0 spiro atoms. The highest BCUT2D eigenvalue weighted by Gasteiger charge is 2.20. The lowest BCUT2D eigenvalue weighted by atomic mass is 10.1. The number of sulfonamides is 1. The van der Waals surface area contributed by atoms with Crippen molar-refractivity contribution >= 4 is 10.0 Å². The van der Waals surface area contributed by atoms with Gasteiger partial charge in [-0.3, -0.25) is 0 Å². The van der Waals surface area contributed by atoms with Gasteiger partial charge in [0.25, 0.3) is 0 Å². The summed E-state index contributed by atoms with van der Waals surface area (Å²) in [5, 5.41) is 13.0. The maximum absolute atomic E-state index is 10.8. The third-order valence-electron chi connectivity index (χ3n) is 2.88. The van der Waals surface area contributed by atoms with Gasteiger partial charge in [0, 0.05) is 19.1 Å². The lowest BCUT2D eigenvalue weighted by Gasteiger charge is -2.21. The molecular weight excluding hydrogens is 228 g/mol. The summed E-state index contributed by atoms with van der Waals surface area (Å²) in [4.78, 5) is 0. The molecule has 0 aliphatic heterocycles. The number of hydrogen-bond acceptors (Lipinski definition) is 4. The van der Waals surface area contributed by atoms with Crippen LogP contribution in [0.1, 0.15) is 32.1 Å². The van der Waals surface area contributed by atoms with Crippen molar-refractivity contribution in [3.8, 4) is 0 Å². The molecule has 3 N–H and O–H groups in total. The first-order valence-corrected chi connectivity index (χ1v) is 7.74. The van der Waals surface area contributed by atoms with E-state index in [0.717, 1.165) is 31.9 Å². The maximum Gasteiger partial charge on any atom is 0.208 e. The van der Waals surface area contributed by atoms with Crippen LogP contribution in [0.2, 0.25) is 0 Å². The van der Waals surface area contributed by atoms with Crippen LogP contribution in [0.15, 0.2) is 0 Å². The fourth-order valence-corrected chi connectivity index (χ4v) is 2.49. The van der Waals surface area contributed by atoms with Crippen LogP contribution in [0, 0.1) is 0 Å². The summed E-state index contributed by atoms with van der Waals surface area (Å²) in [6.07, 6.45) is 6.07. The van der Waals surface area contributed by atoms with E-state index in [4.69, 9.17) is 0 Å². The Labute approximate surface area is 97.7 Å². The fourth-order valence-electron chi connectivity index (χ4n) is 2.02. The molecule has 5 nitrogen and oxygen atoms in total. The summed E-state index contributed by atoms with van der Waals surface area (Å²) in [5.41, 5.74) is 0. The SMILES string of the molecule is CS(=O)(=O)NCCNC1CCCCCC1O. The Morgan fingerprint density at radius 2 is 1.88 bits per heavy atom. The topological polar surface area (TPSA) is 78.4 Å². The molecule has 0 radical (unpaired) electrons. The van der Waals surface area contributed by atoms with Crippen molar-refractivity contribution in [1.82, 2.24) is 10.0 Å². The molecule has 1 rings (SSSR count). The third-order valence-corrected chi connectivity index (χ3v) is 3.60. The molecule has 1 saturated carbocycles. The molecule has 1 fully saturated rings. The monoisotopic (exact) mass is 250 g/mol. The number of aliphatic hydroxyl groups is 1. The lowest BCUT2D eigenvalue weighted by molar-refractivity contribution is 0.120. The highest BCUT2D eigenvalue weighted by molar-refractivity contribution is 7.88. The van der Waals surface area contributed by atoms with Gasteiger partial charge in [-0.25, -0.2) is 13.1 Å². The Kier molecular flexibility index (Phi) is 5.68. The van der Waals surface area contributed by atoms with Crippen molar-refractivity contribution in [2.24, 2.45) is 0 Å². The van der Waals surface area contributed by atoms with E-state index in [2.05, 4.69) is 10.0 Å². The van der Waals surface area contributed by atoms with E-state index < -0.39 is 10.0 Å². The van der Waals surface area contributed by atoms with E-state index in [1.54, 1.807) is 0 Å². The van der Waals surface area contributed by atoms with Crippen LogP contribution >= 0.6 is 0 Å². The van der Waals surface area contributed by atoms with Crippen LogP contribution in [-0.2, 0) is 10.0 Å². The molecule has 16 heavy (non-hydrogen) atoms. The molecule has 0 amide bonds. The zero-order valence-electron chi connectivity index (χ0n) is 9.78. The van der Waals surface area contributed by atoms with Crippen LogP contribution in [0.5, 0.6) is 0 Å². The molecule has 0 aromatic heterocycles. The van der Waals surface area contributed by atoms with Crippen LogP contribution in [0.3, 0.4) is 0 Å². The van der Waals surface area contributed by atoms with Gasteiger partial charge in [-0.1, -0.05) is 19.3 Å². The van der Waals surface area contributed by atoms with Crippen LogP contribution < -0.4 is 10.0 Å². The molecule has 2 unspecified atom stereocenters. The normalized spacial score (nSPS) is 27.6. The van der Waals surface area contributed by atoms with Gasteiger partial charge >= 0.3 is 0 Å². The standard InChI is InChI=1S/C10H22N2O3S/c1-16(14,15)12-8-7-11-9-5-3-2-4-6-10(9)13/h9-13H,2-8H2,1H3. The predicted molar refractivity (Wildman–Crippen MR) is 63.7 cm³/mol. The first kappa shape index (κ1) is 13.9. The van der Waals surface area contributed by atoms with Gasteiger partial charge in [0.15, 0.2) is 0 Å². The Morgan fingerprint density at radius 1 is 1.19 bits per heavy atom. The van der Waals surface area contributed by atoms with E-state index in [9.17, 15) is 13.5 Å². The molecule has 1 aliphatic rings. The van der Waals surface area contributed by atoms with Gasteiger partial charge < -0.3 is 10.4 Å². The smallest absolute Gasteiger partial charge is 0.208 e. The molecule has 6 heteroatoms. The zero-order valence-corrected chi connectivity index (χ0v) is 10.6. The van der Waals surface area contributed by atoms with Crippen molar-refractivity contribution in [3.63, 3.8) is 0 Å². The second-order valence-corrected chi connectivity index (χ2v) is 6.27. The minimum Gasteiger partial charge on any atom is -0.392 e. The molecule has 0 aromatic carbocycles. The second kappa shape index (κ2) is 6.54. The Morgan fingerprint density at radius 3 is 2.56 bits per heavy atom. The summed E-state index contributed by atoms with van der Waals surface area (Å²) in [6, 6.07) is 0.115. The molecule has 96 valence electrons. The van der Waals surface area contributed by atoms with Crippen molar-refractivity contribution in [1.29, 1.82) is 0 Å². The fraction of sp³-hybridized carbons (Fsp3) is 1.00. The van der Waals surface area contributed by atoms with Crippen LogP contribution in [0.25, 0.3) is 0 Å². The highest BCUT2D eigenvalue weighted by atomic mass is 32.2. The predicted octanol–water partition coefficient (Wildman–Crippen LogP) is -0.181. The Bertz CT molecular complexity index is 292. The summed E-state index contributed by atoms with van der Waals surface area (Å²) in [6.45, 7) is 0.941. The van der Waals surface area contributed by atoms with Crippen LogP contribution in [-0.4, -0.2) is 45.0 Å². The molecule has 0 aromatic rings. The average molecular weight is 250 g/mol. The Hall–Kier alpha value is -0.170. The van der Waals surface area contributed by atoms with Crippen molar-refractivity contribution in [3.05, 3.63) is 0 Å². The van der Waals surface area contributed by atoms with E-state index in [-0.39, 0.29) is 12.1 Å². The average Bonchev–Trinajstić information content (AvgIpc) is 2.37. The van der Waals surface area contributed by atoms with Gasteiger partial charge in [0.1, 0.15) is 0 Å². The number of hydrogen-bond donors (Lipinski definition) is 3. The van der Waals surface area contributed by atoms with E-state index in [1.807, 2.05) is 0 Å². The summed E-state index contributed by atoms with van der Waals surface area (Å²) in [7, 11) is -3.10. The van der Waals surface area contributed by atoms with E-state index in [1.165, 1.54) is 6.42 Å². The number of aliphatic hydroxyl groups excluding tert-OH is 1. The van der Waals surface area contributed by atoms with Crippen molar-refractivity contribution in [2.75, 3.05) is 19.3 Å². The highest BCUT2D eigenvalue weighted by Crippen LogP contribution is 2.17. The van der Waals surface area contributed by atoms with Gasteiger partial charge in [-0.15, -0.1) is 0 Å². The second-order valence-electron chi connectivity index (χ2n) is 4.43. The maximum atomic E-state index is 10.8. The van der Waals surface area contributed by atoms with E-state index >= 15 is 0 Å². The van der Waals surface area contributed by atoms with Crippen molar-refractivity contribution < 1.29 is 13.5 Å². The van der Waals surface area contributed by atoms with Gasteiger partial charge in [-0.05, 0) is 12.8 Å². The minimum absolute atomic E-state index is 0.115. The molecule has 0 bridgehead atoms. The van der Waals surface area contributed by atoms with Crippen LogP contribution in [0.4, 0.5) is 0 Å².